The molecule has 0 spiro atoms. The van der Waals surface area contributed by atoms with E-state index in [0.29, 0.717) is 18.0 Å². The Morgan fingerprint density at radius 1 is 1.13 bits per heavy atom. The summed E-state index contributed by atoms with van der Waals surface area (Å²) in [4.78, 5) is 4.62. The van der Waals surface area contributed by atoms with E-state index < -0.39 is 5.60 Å². The van der Waals surface area contributed by atoms with Gasteiger partial charge in [0.1, 0.15) is 5.60 Å². The quantitative estimate of drug-likeness (QED) is 0.916. The number of aliphatic hydroxyl groups is 1. The molecule has 2 fully saturated rings. The molecule has 2 bridgehead atoms. The van der Waals surface area contributed by atoms with Crippen molar-refractivity contribution in [2.45, 2.75) is 36.9 Å². The molecule has 0 amide bonds. The lowest BCUT2D eigenvalue weighted by molar-refractivity contribution is -0.0841. The highest BCUT2D eigenvalue weighted by molar-refractivity contribution is 7.11. The summed E-state index contributed by atoms with van der Waals surface area (Å²) in [7, 11) is 2.22. The van der Waals surface area contributed by atoms with Gasteiger partial charge in [0, 0.05) is 21.8 Å². The van der Waals surface area contributed by atoms with Crippen molar-refractivity contribution in [1.29, 1.82) is 0 Å². The number of nitrogens with zero attached hydrogens (tertiary/aromatic N) is 1. The summed E-state index contributed by atoms with van der Waals surface area (Å²) in [6.45, 7) is 1.67. The first-order chi connectivity index (χ1) is 11.2. The highest BCUT2D eigenvalue weighted by Gasteiger charge is 2.42. The number of likely N-dealkylation sites (N-methyl/N-ethyl adjacent to an activating group) is 1. The Kier molecular flexibility index (Phi) is 4.32. The van der Waals surface area contributed by atoms with Gasteiger partial charge in [-0.05, 0) is 55.1 Å². The number of hydrogen-bond acceptors (Lipinski definition) is 5. The smallest absolute Gasteiger partial charge is 0.133 e. The van der Waals surface area contributed by atoms with Crippen molar-refractivity contribution in [3.63, 3.8) is 0 Å². The van der Waals surface area contributed by atoms with E-state index in [9.17, 15) is 5.11 Å². The summed E-state index contributed by atoms with van der Waals surface area (Å²) in [6, 6.07) is 9.23. The van der Waals surface area contributed by atoms with Crippen LogP contribution >= 0.6 is 22.7 Å². The fourth-order valence-corrected chi connectivity index (χ4v) is 5.91. The summed E-state index contributed by atoms with van der Waals surface area (Å²) in [5.74, 6) is 0.541. The van der Waals surface area contributed by atoms with Gasteiger partial charge in [-0.15, -0.1) is 22.7 Å². The van der Waals surface area contributed by atoms with Crippen LogP contribution in [-0.2, 0) is 10.3 Å². The Balaban J connectivity index is 1.59. The zero-order valence-corrected chi connectivity index (χ0v) is 15.0. The zero-order valence-electron chi connectivity index (χ0n) is 13.4. The fourth-order valence-electron chi connectivity index (χ4n) is 4.14. The van der Waals surface area contributed by atoms with E-state index in [1.54, 1.807) is 22.7 Å². The van der Waals surface area contributed by atoms with Gasteiger partial charge >= 0.3 is 0 Å². The average molecular weight is 350 g/mol. The van der Waals surface area contributed by atoms with Crippen LogP contribution in [-0.4, -0.2) is 42.4 Å². The molecule has 23 heavy (non-hydrogen) atoms. The maximum absolute atomic E-state index is 11.6. The predicted molar refractivity (Wildman–Crippen MR) is 95.1 cm³/mol. The van der Waals surface area contributed by atoms with E-state index >= 15 is 0 Å². The summed E-state index contributed by atoms with van der Waals surface area (Å²) in [5.41, 5.74) is -0.835. The predicted octanol–water partition coefficient (Wildman–Crippen LogP) is 3.54. The van der Waals surface area contributed by atoms with Crippen LogP contribution in [0.15, 0.2) is 35.0 Å². The molecule has 2 saturated heterocycles. The Hall–Kier alpha value is -0.720. The first-order valence-corrected chi connectivity index (χ1v) is 10.0. The van der Waals surface area contributed by atoms with Crippen molar-refractivity contribution in [2.24, 2.45) is 5.92 Å². The highest BCUT2D eigenvalue weighted by atomic mass is 32.1. The number of piperidine rings is 1. The van der Waals surface area contributed by atoms with Crippen molar-refractivity contribution in [3.8, 4) is 0 Å². The van der Waals surface area contributed by atoms with Crippen LogP contribution in [0.25, 0.3) is 0 Å². The number of morpholine rings is 1. The first kappa shape index (κ1) is 15.8. The number of fused-ring (bicyclic) bond motifs is 2. The second-order valence-electron chi connectivity index (χ2n) is 6.87. The van der Waals surface area contributed by atoms with Crippen molar-refractivity contribution in [3.05, 3.63) is 44.8 Å². The zero-order chi connectivity index (χ0) is 15.9. The minimum absolute atomic E-state index is 0.503. The third kappa shape index (κ3) is 2.89. The third-order valence-corrected chi connectivity index (χ3v) is 7.47. The molecule has 0 aliphatic carbocycles. The van der Waals surface area contributed by atoms with Gasteiger partial charge in [-0.25, -0.2) is 0 Å². The molecule has 0 saturated carbocycles. The van der Waals surface area contributed by atoms with Crippen molar-refractivity contribution in [1.82, 2.24) is 4.90 Å². The first-order valence-electron chi connectivity index (χ1n) is 8.27. The van der Waals surface area contributed by atoms with E-state index in [1.165, 1.54) is 0 Å². The summed E-state index contributed by atoms with van der Waals surface area (Å²) < 4.78 is 5.73. The van der Waals surface area contributed by atoms with Gasteiger partial charge in [0.2, 0.25) is 0 Å². The second kappa shape index (κ2) is 6.30. The lowest BCUT2D eigenvalue weighted by Gasteiger charge is -2.48. The highest BCUT2D eigenvalue weighted by Crippen LogP contribution is 2.44. The molecule has 3 nitrogen and oxygen atoms in total. The lowest BCUT2D eigenvalue weighted by atomic mass is 9.77. The van der Waals surface area contributed by atoms with Gasteiger partial charge in [0.15, 0.2) is 0 Å². The monoisotopic (exact) mass is 349 g/mol. The number of ether oxygens (including phenoxy) is 1. The molecule has 124 valence electrons. The van der Waals surface area contributed by atoms with E-state index in [1.807, 2.05) is 12.1 Å². The number of rotatable bonds is 4. The van der Waals surface area contributed by atoms with Crippen LogP contribution in [0.5, 0.6) is 0 Å². The molecule has 2 atom stereocenters. The molecule has 0 aromatic carbocycles. The van der Waals surface area contributed by atoms with Gasteiger partial charge in [-0.3, -0.25) is 4.90 Å². The summed E-state index contributed by atoms with van der Waals surface area (Å²) in [6.07, 6.45) is 3.05. The number of hydrogen-bond donors (Lipinski definition) is 1. The van der Waals surface area contributed by atoms with E-state index in [2.05, 4.69) is 34.8 Å². The van der Waals surface area contributed by atoms with Crippen LogP contribution in [0, 0.1) is 5.92 Å². The minimum atomic E-state index is -0.835. The van der Waals surface area contributed by atoms with Gasteiger partial charge in [-0.2, -0.15) is 0 Å². The van der Waals surface area contributed by atoms with Crippen LogP contribution < -0.4 is 0 Å². The number of thiophene rings is 2. The molecule has 2 aliphatic rings. The normalized spacial score (nSPS) is 28.9. The molecule has 2 aliphatic heterocycles. The molecular weight excluding hydrogens is 326 g/mol. The Morgan fingerprint density at radius 2 is 1.70 bits per heavy atom. The molecule has 2 aromatic rings. The Labute approximate surface area is 145 Å². The van der Waals surface area contributed by atoms with Crippen LogP contribution in [0.2, 0.25) is 0 Å². The van der Waals surface area contributed by atoms with E-state index in [-0.39, 0.29) is 0 Å². The summed E-state index contributed by atoms with van der Waals surface area (Å²) >= 11 is 3.32. The molecule has 0 radical (unpaired) electrons. The molecule has 2 unspecified atom stereocenters. The average Bonchev–Trinajstić information content (AvgIpc) is 3.22. The van der Waals surface area contributed by atoms with Crippen LogP contribution in [0.1, 0.15) is 29.0 Å². The lowest BCUT2D eigenvalue weighted by Crippen LogP contribution is -2.55. The molecule has 4 rings (SSSR count). The molecule has 1 N–H and O–H groups in total. The summed E-state index contributed by atoms with van der Waals surface area (Å²) in [5, 5.41) is 15.7. The standard InChI is InChI=1S/C18H23NO2S2/c1-19-14-8-13(9-15(19)12-21-11-14)10-18(20,16-4-2-6-22-16)17-5-3-7-23-17/h2-7,13-15,20H,8-12H2,1H3. The van der Waals surface area contributed by atoms with E-state index in [0.717, 1.165) is 42.2 Å². The van der Waals surface area contributed by atoms with Crippen molar-refractivity contribution >= 4 is 22.7 Å². The van der Waals surface area contributed by atoms with Crippen molar-refractivity contribution in [2.75, 3.05) is 20.3 Å². The minimum Gasteiger partial charge on any atom is -0.379 e. The largest absolute Gasteiger partial charge is 0.379 e. The fraction of sp³-hybridized carbons (Fsp3) is 0.556. The molecule has 4 heterocycles. The Morgan fingerprint density at radius 3 is 2.17 bits per heavy atom. The van der Waals surface area contributed by atoms with Gasteiger partial charge in [0.25, 0.3) is 0 Å². The molecule has 2 aromatic heterocycles. The van der Waals surface area contributed by atoms with Crippen molar-refractivity contribution < 1.29 is 9.84 Å². The van der Waals surface area contributed by atoms with Crippen LogP contribution in [0.4, 0.5) is 0 Å². The molecular formula is C18H23NO2S2. The second-order valence-corrected chi connectivity index (χ2v) is 8.76. The molecule has 5 heteroatoms. The maximum atomic E-state index is 11.6. The van der Waals surface area contributed by atoms with Gasteiger partial charge < -0.3 is 9.84 Å². The topological polar surface area (TPSA) is 32.7 Å². The van der Waals surface area contributed by atoms with Gasteiger partial charge in [-0.1, -0.05) is 12.1 Å². The SMILES string of the molecule is CN1C2COCC1CC(CC(O)(c1cccs1)c1cccs1)C2. The maximum Gasteiger partial charge on any atom is 0.133 e. The van der Waals surface area contributed by atoms with E-state index in [4.69, 9.17) is 4.74 Å². The van der Waals surface area contributed by atoms with Gasteiger partial charge in [0.05, 0.1) is 13.2 Å². The van der Waals surface area contributed by atoms with Crippen LogP contribution in [0.3, 0.4) is 0 Å². The Bertz CT molecular complexity index is 577. The third-order valence-electron chi connectivity index (χ3n) is 5.42.